The minimum atomic E-state index is -0.320. The molecule has 0 spiro atoms. The highest BCUT2D eigenvalue weighted by atomic mass is 16.3. The van der Waals surface area contributed by atoms with E-state index >= 15 is 0 Å². The molecule has 0 atom stereocenters. The number of β-amino-alcohol motifs (C(OH)–C–C–N with tert-alkyl or cyclic N) is 1. The van der Waals surface area contributed by atoms with Crippen molar-refractivity contribution < 1.29 is 5.11 Å². The highest BCUT2D eigenvalue weighted by molar-refractivity contribution is 5.39. The van der Waals surface area contributed by atoms with E-state index in [2.05, 4.69) is 4.98 Å². The number of hydrogen-bond donors (Lipinski definition) is 1. The summed E-state index contributed by atoms with van der Waals surface area (Å²) < 4.78 is 1.65. The molecule has 1 N–H and O–H groups in total. The van der Waals surface area contributed by atoms with Gasteiger partial charge in [-0.05, 0) is 13.8 Å². The van der Waals surface area contributed by atoms with Gasteiger partial charge in [-0.15, -0.1) is 0 Å². The molecule has 5 heteroatoms. The van der Waals surface area contributed by atoms with Gasteiger partial charge in [0.2, 0.25) is 0 Å². The summed E-state index contributed by atoms with van der Waals surface area (Å²) in [5.74, 6) is 0.441. The summed E-state index contributed by atoms with van der Waals surface area (Å²) in [6, 6.07) is 0.130. The van der Waals surface area contributed by atoms with Crippen LogP contribution in [0.25, 0.3) is 0 Å². The Kier molecular flexibility index (Phi) is 2.48. The van der Waals surface area contributed by atoms with Crippen LogP contribution in [0.3, 0.4) is 0 Å². The van der Waals surface area contributed by atoms with Gasteiger partial charge >= 0.3 is 0 Å². The molecular formula is C10H15N3O2. The van der Waals surface area contributed by atoms with Gasteiger partial charge < -0.3 is 14.6 Å². The zero-order valence-electron chi connectivity index (χ0n) is 8.92. The van der Waals surface area contributed by atoms with E-state index in [1.807, 2.05) is 13.8 Å². The van der Waals surface area contributed by atoms with Crippen molar-refractivity contribution in [3.8, 4) is 0 Å². The van der Waals surface area contributed by atoms with Crippen molar-refractivity contribution in [1.82, 2.24) is 9.55 Å². The third-order valence-corrected chi connectivity index (χ3v) is 2.57. The standard InChI is InChI=1S/C10H15N3O2/c1-7(2)13-4-3-11-9(10(13)15)12-5-8(14)6-12/h3-4,7-8,14H,5-6H2,1-2H3. The molecule has 2 rings (SSSR count). The third kappa shape index (κ3) is 1.74. The second-order valence-corrected chi connectivity index (χ2v) is 4.12. The minimum Gasteiger partial charge on any atom is -0.389 e. The topological polar surface area (TPSA) is 58.4 Å². The molecule has 15 heavy (non-hydrogen) atoms. The van der Waals surface area contributed by atoms with Crippen LogP contribution in [-0.2, 0) is 0 Å². The van der Waals surface area contributed by atoms with Crippen LogP contribution < -0.4 is 10.5 Å². The van der Waals surface area contributed by atoms with Crippen molar-refractivity contribution in [3.63, 3.8) is 0 Å². The maximum absolute atomic E-state index is 11.9. The summed E-state index contributed by atoms with van der Waals surface area (Å²) in [4.78, 5) is 17.8. The summed E-state index contributed by atoms with van der Waals surface area (Å²) in [7, 11) is 0. The SMILES string of the molecule is CC(C)n1ccnc(N2CC(O)C2)c1=O. The average Bonchev–Trinajstić information content (AvgIpc) is 2.13. The van der Waals surface area contributed by atoms with Gasteiger partial charge in [-0.3, -0.25) is 4.79 Å². The normalized spacial score (nSPS) is 16.9. The Labute approximate surface area is 88.0 Å². The first-order valence-electron chi connectivity index (χ1n) is 5.09. The number of anilines is 1. The maximum atomic E-state index is 11.9. The van der Waals surface area contributed by atoms with Gasteiger partial charge in [-0.25, -0.2) is 4.98 Å². The Bertz CT molecular complexity index is 407. The third-order valence-electron chi connectivity index (χ3n) is 2.57. The Morgan fingerprint density at radius 2 is 2.20 bits per heavy atom. The fourth-order valence-corrected chi connectivity index (χ4v) is 1.67. The van der Waals surface area contributed by atoms with Crippen molar-refractivity contribution in [2.45, 2.75) is 26.0 Å². The second kappa shape index (κ2) is 3.66. The van der Waals surface area contributed by atoms with E-state index in [-0.39, 0.29) is 17.7 Å². The van der Waals surface area contributed by atoms with E-state index in [9.17, 15) is 9.90 Å². The predicted molar refractivity (Wildman–Crippen MR) is 57.1 cm³/mol. The fourth-order valence-electron chi connectivity index (χ4n) is 1.67. The van der Waals surface area contributed by atoms with Crippen LogP contribution in [0.2, 0.25) is 0 Å². The van der Waals surface area contributed by atoms with Gasteiger partial charge in [-0.2, -0.15) is 0 Å². The van der Waals surface area contributed by atoms with Crippen LogP contribution >= 0.6 is 0 Å². The van der Waals surface area contributed by atoms with Crippen molar-refractivity contribution in [3.05, 3.63) is 22.7 Å². The van der Waals surface area contributed by atoms with Crippen LogP contribution in [0.5, 0.6) is 0 Å². The molecule has 1 aromatic heterocycles. The monoisotopic (exact) mass is 209 g/mol. The van der Waals surface area contributed by atoms with E-state index in [1.54, 1.807) is 21.9 Å². The number of nitrogens with zero attached hydrogens (tertiary/aromatic N) is 3. The Morgan fingerprint density at radius 3 is 2.73 bits per heavy atom. The first kappa shape index (κ1) is 10.2. The molecule has 1 aromatic rings. The molecule has 0 aliphatic carbocycles. The first-order valence-corrected chi connectivity index (χ1v) is 5.09. The smallest absolute Gasteiger partial charge is 0.293 e. The molecule has 1 saturated heterocycles. The van der Waals surface area contributed by atoms with Gasteiger partial charge in [-0.1, -0.05) is 0 Å². The molecule has 2 heterocycles. The van der Waals surface area contributed by atoms with E-state index < -0.39 is 0 Å². The molecule has 0 amide bonds. The van der Waals surface area contributed by atoms with Gasteiger partial charge in [0.25, 0.3) is 5.56 Å². The fraction of sp³-hybridized carbons (Fsp3) is 0.600. The van der Waals surface area contributed by atoms with E-state index in [4.69, 9.17) is 0 Å². The molecule has 0 radical (unpaired) electrons. The van der Waals surface area contributed by atoms with Crippen molar-refractivity contribution in [1.29, 1.82) is 0 Å². The minimum absolute atomic E-state index is 0.0839. The number of aliphatic hydroxyl groups is 1. The van der Waals surface area contributed by atoms with Gasteiger partial charge in [0, 0.05) is 31.5 Å². The Balaban J connectivity index is 2.33. The number of hydrogen-bond acceptors (Lipinski definition) is 4. The summed E-state index contributed by atoms with van der Waals surface area (Å²) in [6.07, 6.45) is 2.99. The molecule has 0 unspecified atom stereocenters. The van der Waals surface area contributed by atoms with Crippen LogP contribution in [-0.4, -0.2) is 33.9 Å². The zero-order chi connectivity index (χ0) is 11.0. The summed E-state index contributed by atoms with van der Waals surface area (Å²) in [5.41, 5.74) is -0.0839. The molecule has 82 valence electrons. The van der Waals surface area contributed by atoms with E-state index in [0.29, 0.717) is 18.9 Å². The van der Waals surface area contributed by atoms with E-state index in [0.717, 1.165) is 0 Å². The largest absolute Gasteiger partial charge is 0.389 e. The highest BCUT2D eigenvalue weighted by Crippen LogP contribution is 2.14. The van der Waals surface area contributed by atoms with Crippen molar-refractivity contribution in [2.75, 3.05) is 18.0 Å². The van der Waals surface area contributed by atoms with Gasteiger partial charge in [0.05, 0.1) is 6.10 Å². The van der Waals surface area contributed by atoms with Crippen LogP contribution in [0.15, 0.2) is 17.2 Å². The van der Waals surface area contributed by atoms with Crippen molar-refractivity contribution in [2.24, 2.45) is 0 Å². The molecule has 1 aliphatic heterocycles. The molecular weight excluding hydrogens is 194 g/mol. The molecule has 0 saturated carbocycles. The molecule has 1 aliphatic rings. The zero-order valence-corrected chi connectivity index (χ0v) is 8.92. The first-order chi connectivity index (χ1) is 7.09. The van der Waals surface area contributed by atoms with E-state index in [1.165, 1.54) is 0 Å². The summed E-state index contributed by atoms with van der Waals surface area (Å²) in [6.45, 7) is 4.92. The van der Waals surface area contributed by atoms with Crippen LogP contribution in [0.1, 0.15) is 19.9 Å². The number of aliphatic hydroxyl groups excluding tert-OH is 1. The van der Waals surface area contributed by atoms with Gasteiger partial charge in [0.1, 0.15) is 0 Å². The molecule has 1 fully saturated rings. The Morgan fingerprint density at radius 1 is 1.53 bits per heavy atom. The lowest BCUT2D eigenvalue weighted by Gasteiger charge is -2.36. The quantitative estimate of drug-likeness (QED) is 0.745. The molecule has 0 bridgehead atoms. The molecule has 5 nitrogen and oxygen atoms in total. The lowest BCUT2D eigenvalue weighted by molar-refractivity contribution is 0.141. The molecule has 0 aromatic carbocycles. The van der Waals surface area contributed by atoms with Crippen molar-refractivity contribution >= 4 is 5.82 Å². The summed E-state index contributed by atoms with van der Waals surface area (Å²) >= 11 is 0. The average molecular weight is 209 g/mol. The number of aromatic nitrogens is 2. The van der Waals surface area contributed by atoms with Crippen LogP contribution in [0.4, 0.5) is 5.82 Å². The number of rotatable bonds is 2. The van der Waals surface area contributed by atoms with Crippen LogP contribution in [0, 0.1) is 0 Å². The lowest BCUT2D eigenvalue weighted by atomic mass is 10.2. The van der Waals surface area contributed by atoms with Gasteiger partial charge in [0.15, 0.2) is 5.82 Å². The maximum Gasteiger partial charge on any atom is 0.293 e. The second-order valence-electron chi connectivity index (χ2n) is 4.12. The predicted octanol–water partition coefficient (Wildman–Crippen LogP) is 0.00510. The summed E-state index contributed by atoms with van der Waals surface area (Å²) in [5, 5.41) is 9.17. The Hall–Kier alpha value is -1.36. The highest BCUT2D eigenvalue weighted by Gasteiger charge is 2.27. The lowest BCUT2D eigenvalue weighted by Crippen LogP contribution is -2.53.